The Labute approximate surface area is 126 Å². The molecule has 2 N–H and O–H groups in total. The molecule has 1 aliphatic rings. The fourth-order valence-corrected chi connectivity index (χ4v) is 2.12. The minimum absolute atomic E-state index is 0.173. The number of para-hydroxylation sites is 2. The minimum Gasteiger partial charge on any atom is -0.485 e. The van der Waals surface area contributed by atoms with Gasteiger partial charge in [-0.2, -0.15) is 0 Å². The van der Waals surface area contributed by atoms with Crippen molar-refractivity contribution in [3.8, 4) is 11.5 Å². The number of hydrogen-bond acceptors (Lipinski definition) is 5. The topological polar surface area (TPSA) is 93.3 Å². The van der Waals surface area contributed by atoms with E-state index in [1.54, 1.807) is 12.1 Å². The number of aromatic amines is 1. The number of benzene rings is 1. The molecule has 2 aromatic rings. The Balaban J connectivity index is 1.52. The molecule has 7 nitrogen and oxygen atoms in total. The number of amides is 1. The first-order valence-electron chi connectivity index (χ1n) is 6.92. The molecule has 0 spiro atoms. The van der Waals surface area contributed by atoms with Crippen molar-refractivity contribution in [3.05, 3.63) is 52.7 Å². The molecule has 1 aromatic carbocycles. The predicted molar refractivity (Wildman–Crippen MR) is 77.9 cm³/mol. The Morgan fingerprint density at radius 3 is 3.00 bits per heavy atom. The molecular formula is C15H15N3O4. The van der Waals surface area contributed by atoms with Gasteiger partial charge in [-0.3, -0.25) is 9.59 Å². The highest BCUT2D eigenvalue weighted by Gasteiger charge is 2.26. The van der Waals surface area contributed by atoms with Crippen molar-refractivity contribution < 1.29 is 14.3 Å². The van der Waals surface area contributed by atoms with E-state index in [4.69, 9.17) is 9.47 Å². The van der Waals surface area contributed by atoms with Gasteiger partial charge >= 0.3 is 0 Å². The molecule has 0 fully saturated rings. The molecule has 0 bridgehead atoms. The second-order valence-electron chi connectivity index (χ2n) is 4.81. The largest absolute Gasteiger partial charge is 0.485 e. The number of carbonyl (C=O) groups is 1. The third-order valence-electron chi connectivity index (χ3n) is 3.22. The summed E-state index contributed by atoms with van der Waals surface area (Å²) in [7, 11) is 0. The van der Waals surface area contributed by atoms with Crippen molar-refractivity contribution in [2.75, 3.05) is 13.2 Å². The number of aromatic nitrogens is 2. The van der Waals surface area contributed by atoms with E-state index in [0.29, 0.717) is 30.2 Å². The maximum atomic E-state index is 12.1. The fourth-order valence-electron chi connectivity index (χ4n) is 2.12. The van der Waals surface area contributed by atoms with Gasteiger partial charge in [-0.1, -0.05) is 12.1 Å². The molecule has 1 atom stereocenters. The van der Waals surface area contributed by atoms with Crippen LogP contribution in [0.2, 0.25) is 0 Å². The van der Waals surface area contributed by atoms with Crippen LogP contribution >= 0.6 is 0 Å². The Morgan fingerprint density at radius 1 is 1.36 bits per heavy atom. The van der Waals surface area contributed by atoms with Gasteiger partial charge in [0, 0.05) is 24.7 Å². The lowest BCUT2D eigenvalue weighted by Gasteiger charge is -2.25. The summed E-state index contributed by atoms with van der Waals surface area (Å²) in [5.74, 6) is 0.948. The predicted octanol–water partition coefficient (Wildman–Crippen LogP) is 0.269. The molecule has 0 saturated heterocycles. The first kappa shape index (κ1) is 14.1. The van der Waals surface area contributed by atoms with Gasteiger partial charge in [0.15, 0.2) is 11.5 Å². The van der Waals surface area contributed by atoms with Crippen molar-refractivity contribution in [2.24, 2.45) is 0 Å². The summed E-state index contributed by atoms with van der Waals surface area (Å²) in [6.45, 7) is 0.545. The van der Waals surface area contributed by atoms with Crippen LogP contribution in [0.3, 0.4) is 0 Å². The van der Waals surface area contributed by atoms with E-state index in [1.807, 2.05) is 12.1 Å². The molecule has 1 aliphatic heterocycles. The van der Waals surface area contributed by atoms with E-state index in [-0.39, 0.29) is 18.1 Å². The van der Waals surface area contributed by atoms with Crippen molar-refractivity contribution in [2.45, 2.75) is 12.5 Å². The van der Waals surface area contributed by atoms with E-state index in [2.05, 4.69) is 15.3 Å². The van der Waals surface area contributed by atoms with Gasteiger partial charge in [-0.25, -0.2) is 4.98 Å². The van der Waals surface area contributed by atoms with Crippen molar-refractivity contribution >= 4 is 5.91 Å². The van der Waals surface area contributed by atoms with Crippen LogP contribution in [0.15, 0.2) is 41.5 Å². The smallest absolute Gasteiger partial charge is 0.264 e. The molecule has 0 saturated carbocycles. The highest BCUT2D eigenvalue weighted by atomic mass is 16.6. The molecule has 114 valence electrons. The highest BCUT2D eigenvalue weighted by molar-refractivity contribution is 5.81. The van der Waals surface area contributed by atoms with Crippen molar-refractivity contribution in [3.63, 3.8) is 0 Å². The Hall–Kier alpha value is -2.83. The van der Waals surface area contributed by atoms with Gasteiger partial charge in [0.05, 0.1) is 6.33 Å². The molecule has 0 unspecified atom stereocenters. The number of fused-ring (bicyclic) bond motifs is 1. The van der Waals surface area contributed by atoms with E-state index in [9.17, 15) is 9.59 Å². The molecule has 0 aliphatic carbocycles. The van der Waals surface area contributed by atoms with Gasteiger partial charge < -0.3 is 19.8 Å². The lowest BCUT2D eigenvalue weighted by Crippen LogP contribution is -2.44. The standard InChI is InChI=1S/C15H15N3O4/c19-14-7-10(17-9-18-14)5-6-16-15(20)13-8-21-11-3-1-2-4-12(11)22-13/h1-4,7,9,13H,5-6,8H2,(H,16,20)(H,17,18,19)/t13-/m1/s1. The van der Waals surface area contributed by atoms with Gasteiger partial charge in [0.1, 0.15) is 6.61 Å². The average molecular weight is 301 g/mol. The summed E-state index contributed by atoms with van der Waals surface area (Å²) in [6.07, 6.45) is 1.14. The van der Waals surface area contributed by atoms with Gasteiger partial charge in [-0.15, -0.1) is 0 Å². The van der Waals surface area contributed by atoms with E-state index >= 15 is 0 Å². The van der Waals surface area contributed by atoms with Gasteiger partial charge in [0.2, 0.25) is 6.10 Å². The van der Waals surface area contributed by atoms with Gasteiger partial charge in [-0.05, 0) is 12.1 Å². The quantitative estimate of drug-likeness (QED) is 0.845. The minimum atomic E-state index is -0.679. The molecule has 2 heterocycles. The maximum absolute atomic E-state index is 12.1. The van der Waals surface area contributed by atoms with Crippen molar-refractivity contribution in [1.82, 2.24) is 15.3 Å². The summed E-state index contributed by atoms with van der Waals surface area (Å²) in [4.78, 5) is 29.6. The lowest BCUT2D eigenvalue weighted by atomic mass is 10.2. The molecule has 3 rings (SSSR count). The monoisotopic (exact) mass is 301 g/mol. The van der Waals surface area contributed by atoms with Crippen LogP contribution in [0.25, 0.3) is 0 Å². The SMILES string of the molecule is O=C(NCCc1cc(=O)[nH]cn1)[C@H]1COc2ccccc2O1. The van der Waals surface area contributed by atoms with E-state index in [1.165, 1.54) is 12.4 Å². The second-order valence-corrected chi connectivity index (χ2v) is 4.81. The Morgan fingerprint density at radius 2 is 2.18 bits per heavy atom. The number of H-pyrrole nitrogens is 1. The van der Waals surface area contributed by atoms with Gasteiger partial charge in [0.25, 0.3) is 11.5 Å². The molecule has 7 heteroatoms. The van der Waals surface area contributed by atoms with Crippen LogP contribution < -0.4 is 20.3 Å². The zero-order valence-corrected chi connectivity index (χ0v) is 11.7. The van der Waals surface area contributed by atoms with Crippen molar-refractivity contribution in [1.29, 1.82) is 0 Å². The third kappa shape index (κ3) is 3.25. The number of nitrogens with zero attached hydrogens (tertiary/aromatic N) is 1. The second kappa shape index (κ2) is 6.30. The third-order valence-corrected chi connectivity index (χ3v) is 3.22. The normalized spacial score (nSPS) is 16.1. The molecule has 1 amide bonds. The summed E-state index contributed by atoms with van der Waals surface area (Å²) in [6, 6.07) is 8.62. The first-order valence-corrected chi connectivity index (χ1v) is 6.92. The van der Waals surface area contributed by atoms with Crippen LogP contribution in [-0.2, 0) is 11.2 Å². The Kier molecular flexibility index (Phi) is 4.04. The zero-order valence-electron chi connectivity index (χ0n) is 11.7. The van der Waals surface area contributed by atoms with Crippen LogP contribution in [0.4, 0.5) is 0 Å². The molecular weight excluding hydrogens is 286 g/mol. The number of carbonyl (C=O) groups excluding carboxylic acids is 1. The molecule has 1 aromatic heterocycles. The summed E-state index contributed by atoms with van der Waals surface area (Å²) in [5.41, 5.74) is 0.409. The summed E-state index contributed by atoms with van der Waals surface area (Å²) >= 11 is 0. The van der Waals surface area contributed by atoms with Crippen LogP contribution in [0.1, 0.15) is 5.69 Å². The van der Waals surface area contributed by atoms with Crippen LogP contribution in [0, 0.1) is 0 Å². The number of ether oxygens (including phenoxy) is 2. The number of rotatable bonds is 4. The first-order chi connectivity index (χ1) is 10.7. The van der Waals surface area contributed by atoms with E-state index in [0.717, 1.165) is 0 Å². The number of hydrogen-bond donors (Lipinski definition) is 2. The zero-order chi connectivity index (χ0) is 15.4. The van der Waals surface area contributed by atoms with Crippen LogP contribution in [-0.4, -0.2) is 35.1 Å². The lowest BCUT2D eigenvalue weighted by molar-refractivity contribution is -0.130. The number of nitrogens with one attached hydrogen (secondary N) is 2. The summed E-state index contributed by atoms with van der Waals surface area (Å²) in [5, 5.41) is 2.75. The van der Waals surface area contributed by atoms with E-state index < -0.39 is 6.10 Å². The Bertz CT molecular complexity index is 728. The highest BCUT2D eigenvalue weighted by Crippen LogP contribution is 2.30. The maximum Gasteiger partial charge on any atom is 0.264 e. The molecule has 22 heavy (non-hydrogen) atoms. The summed E-state index contributed by atoms with van der Waals surface area (Å²) < 4.78 is 11.1. The molecule has 0 radical (unpaired) electrons. The van der Waals surface area contributed by atoms with Crippen LogP contribution in [0.5, 0.6) is 11.5 Å². The average Bonchev–Trinajstić information content (AvgIpc) is 2.54. The fraction of sp³-hybridized carbons (Fsp3) is 0.267.